The Balaban J connectivity index is 1.81. The molecule has 0 aromatic heterocycles. The summed E-state index contributed by atoms with van der Waals surface area (Å²) in [6, 6.07) is 11.0. The van der Waals surface area contributed by atoms with Crippen LogP contribution >= 0.6 is 0 Å². The maximum Gasteiger partial charge on any atom is 0.335 e. The molecule has 2 rings (SSSR count). The highest BCUT2D eigenvalue weighted by Gasteiger charge is 2.15. The van der Waals surface area contributed by atoms with Crippen LogP contribution in [0.25, 0.3) is 0 Å². The van der Waals surface area contributed by atoms with Crippen LogP contribution in [0.15, 0.2) is 53.4 Å². The van der Waals surface area contributed by atoms with Crippen LogP contribution in [0.4, 0.5) is 4.39 Å². The number of hydrogen-bond acceptors (Lipinski definition) is 5. The molecule has 0 aliphatic heterocycles. The van der Waals surface area contributed by atoms with E-state index in [9.17, 15) is 17.6 Å². The number of carbonyl (C=O) groups is 1. The molecule has 0 saturated heterocycles. The number of carboxylic acid groups (broad SMARTS) is 1. The highest BCUT2D eigenvalue weighted by molar-refractivity contribution is 7.86. The lowest BCUT2D eigenvalue weighted by molar-refractivity contribution is 0.0696. The van der Waals surface area contributed by atoms with Gasteiger partial charge in [-0.05, 0) is 42.3 Å². The molecule has 0 heterocycles. The van der Waals surface area contributed by atoms with Crippen molar-refractivity contribution in [2.45, 2.75) is 11.3 Å². The molecule has 0 fully saturated rings. The van der Waals surface area contributed by atoms with Crippen LogP contribution in [0.3, 0.4) is 0 Å². The molecule has 0 radical (unpaired) electrons. The first kappa shape index (κ1) is 18.1. The van der Waals surface area contributed by atoms with Gasteiger partial charge in [0.25, 0.3) is 10.1 Å². The smallest absolute Gasteiger partial charge is 0.335 e. The molecule has 0 bridgehead atoms. The lowest BCUT2D eigenvalue weighted by atomic mass is 10.1. The molecule has 0 aliphatic rings. The summed E-state index contributed by atoms with van der Waals surface area (Å²) < 4.78 is 41.5. The number of aromatic carboxylic acids is 1. The van der Waals surface area contributed by atoms with Crippen molar-refractivity contribution in [3.8, 4) is 0 Å². The molecule has 2 aromatic carbocycles. The Morgan fingerprint density at radius 1 is 1.17 bits per heavy atom. The Morgan fingerprint density at radius 2 is 1.92 bits per heavy atom. The maximum atomic E-state index is 13.0. The predicted molar refractivity (Wildman–Crippen MR) is 84.6 cm³/mol. The van der Waals surface area contributed by atoms with Crippen molar-refractivity contribution in [1.82, 2.24) is 5.32 Å². The number of benzene rings is 2. The largest absolute Gasteiger partial charge is 0.478 e. The standard InChI is InChI=1S/C16H16FNO5S/c17-14-5-2-6-15(10-14)24(21,22)23-11-18-8-7-12-3-1-4-13(9-12)16(19)20/h1-6,9-10,18H,7-8,11H2,(H,19,20). The number of nitrogens with one attached hydrogen (secondary N) is 1. The first-order chi connectivity index (χ1) is 11.4. The van der Waals surface area contributed by atoms with Gasteiger partial charge in [-0.15, -0.1) is 0 Å². The SMILES string of the molecule is O=C(O)c1cccc(CCNCOS(=O)(=O)c2cccc(F)c2)c1. The van der Waals surface area contributed by atoms with Gasteiger partial charge < -0.3 is 5.11 Å². The van der Waals surface area contributed by atoms with Gasteiger partial charge in [0.05, 0.1) is 10.5 Å². The summed E-state index contributed by atoms with van der Waals surface area (Å²) in [5.41, 5.74) is 0.993. The average Bonchev–Trinajstić information content (AvgIpc) is 2.54. The molecule has 0 amide bonds. The Labute approximate surface area is 139 Å². The Morgan fingerprint density at radius 3 is 2.62 bits per heavy atom. The average molecular weight is 353 g/mol. The van der Waals surface area contributed by atoms with Gasteiger partial charge in [0, 0.05) is 6.54 Å². The molecule has 128 valence electrons. The van der Waals surface area contributed by atoms with E-state index in [-0.39, 0.29) is 17.2 Å². The van der Waals surface area contributed by atoms with Gasteiger partial charge in [0.15, 0.2) is 0 Å². The van der Waals surface area contributed by atoms with Crippen LogP contribution < -0.4 is 5.32 Å². The first-order valence-corrected chi connectivity index (χ1v) is 8.47. The summed E-state index contributed by atoms with van der Waals surface area (Å²) in [6.07, 6.45) is 0.504. The fourth-order valence-corrected chi connectivity index (χ4v) is 2.85. The fraction of sp³-hybridized carbons (Fsp3) is 0.188. The molecule has 0 atom stereocenters. The quantitative estimate of drug-likeness (QED) is 0.428. The van der Waals surface area contributed by atoms with E-state index in [2.05, 4.69) is 5.32 Å². The lowest BCUT2D eigenvalue weighted by Crippen LogP contribution is -2.23. The van der Waals surface area contributed by atoms with Crippen LogP contribution in [0.5, 0.6) is 0 Å². The number of rotatable bonds is 8. The van der Waals surface area contributed by atoms with E-state index in [1.54, 1.807) is 18.2 Å². The van der Waals surface area contributed by atoms with Gasteiger partial charge in [-0.1, -0.05) is 18.2 Å². The first-order valence-electron chi connectivity index (χ1n) is 7.06. The summed E-state index contributed by atoms with van der Waals surface area (Å²) in [4.78, 5) is 10.6. The number of carboxylic acids is 1. The predicted octanol–water partition coefficient (Wildman–Crippen LogP) is 2.02. The third-order valence-corrected chi connectivity index (χ3v) is 4.42. The van der Waals surface area contributed by atoms with Crippen LogP contribution in [-0.4, -0.2) is 32.8 Å². The Hall–Kier alpha value is -2.29. The summed E-state index contributed by atoms with van der Waals surface area (Å²) >= 11 is 0. The van der Waals surface area contributed by atoms with E-state index in [0.717, 1.165) is 17.7 Å². The second-order valence-electron chi connectivity index (χ2n) is 4.93. The minimum Gasteiger partial charge on any atom is -0.478 e. The van der Waals surface area contributed by atoms with Crippen LogP contribution in [0.2, 0.25) is 0 Å². The van der Waals surface area contributed by atoms with Gasteiger partial charge in [-0.2, -0.15) is 8.42 Å². The van der Waals surface area contributed by atoms with Gasteiger partial charge in [0.1, 0.15) is 12.5 Å². The van der Waals surface area contributed by atoms with Crippen molar-refractivity contribution in [1.29, 1.82) is 0 Å². The third kappa shape index (κ3) is 5.12. The number of hydrogen-bond donors (Lipinski definition) is 2. The van der Waals surface area contributed by atoms with Crippen molar-refractivity contribution in [2.24, 2.45) is 0 Å². The molecule has 2 N–H and O–H groups in total. The molecule has 6 nitrogen and oxygen atoms in total. The van der Waals surface area contributed by atoms with Gasteiger partial charge in [-0.25, -0.2) is 9.18 Å². The van der Waals surface area contributed by atoms with Crippen molar-refractivity contribution < 1.29 is 26.9 Å². The van der Waals surface area contributed by atoms with Crippen LogP contribution in [0, 0.1) is 5.82 Å². The summed E-state index contributed by atoms with van der Waals surface area (Å²) in [5.74, 6) is -1.67. The topological polar surface area (TPSA) is 92.7 Å². The molecule has 0 saturated carbocycles. The summed E-state index contributed by atoms with van der Waals surface area (Å²) in [5, 5.41) is 11.7. The molecule has 0 unspecified atom stereocenters. The van der Waals surface area contributed by atoms with E-state index in [0.29, 0.717) is 13.0 Å². The molecule has 24 heavy (non-hydrogen) atoms. The molecule has 2 aromatic rings. The van der Waals surface area contributed by atoms with Gasteiger partial charge in [0.2, 0.25) is 0 Å². The van der Waals surface area contributed by atoms with Gasteiger partial charge in [-0.3, -0.25) is 9.50 Å². The summed E-state index contributed by atoms with van der Waals surface area (Å²) in [7, 11) is -4.03. The zero-order chi connectivity index (χ0) is 17.6. The van der Waals surface area contributed by atoms with E-state index in [1.165, 1.54) is 18.2 Å². The molecular weight excluding hydrogens is 337 g/mol. The maximum absolute atomic E-state index is 13.0. The fourth-order valence-electron chi connectivity index (χ4n) is 1.97. The van der Waals surface area contributed by atoms with Gasteiger partial charge >= 0.3 is 5.97 Å². The molecule has 0 aliphatic carbocycles. The normalized spacial score (nSPS) is 11.4. The van der Waals surface area contributed by atoms with E-state index >= 15 is 0 Å². The van der Waals surface area contributed by atoms with Crippen molar-refractivity contribution in [2.75, 3.05) is 13.3 Å². The van der Waals surface area contributed by atoms with E-state index in [4.69, 9.17) is 9.29 Å². The Bertz CT molecular complexity index is 823. The zero-order valence-corrected chi connectivity index (χ0v) is 13.4. The van der Waals surface area contributed by atoms with Crippen LogP contribution in [-0.2, 0) is 20.7 Å². The minimum atomic E-state index is -4.03. The van der Waals surface area contributed by atoms with E-state index in [1.807, 2.05) is 0 Å². The molecule has 0 spiro atoms. The van der Waals surface area contributed by atoms with Crippen molar-refractivity contribution in [3.05, 3.63) is 65.5 Å². The monoisotopic (exact) mass is 353 g/mol. The molecule has 8 heteroatoms. The lowest BCUT2D eigenvalue weighted by Gasteiger charge is -2.08. The number of halogens is 1. The van der Waals surface area contributed by atoms with Crippen LogP contribution in [0.1, 0.15) is 15.9 Å². The van der Waals surface area contributed by atoms with Crippen molar-refractivity contribution >= 4 is 16.1 Å². The minimum absolute atomic E-state index is 0.192. The highest BCUT2D eigenvalue weighted by Crippen LogP contribution is 2.13. The van der Waals surface area contributed by atoms with Crippen molar-refractivity contribution in [3.63, 3.8) is 0 Å². The Kier molecular flexibility index (Phi) is 6.02. The third-order valence-electron chi connectivity index (χ3n) is 3.17. The summed E-state index contributed by atoms with van der Waals surface area (Å²) in [6.45, 7) is 0.124. The highest BCUT2D eigenvalue weighted by atomic mass is 32.2. The second kappa shape index (κ2) is 8.00. The second-order valence-corrected chi connectivity index (χ2v) is 6.54. The zero-order valence-electron chi connectivity index (χ0n) is 12.6. The molecular formula is C16H16FNO5S. The van der Waals surface area contributed by atoms with E-state index < -0.39 is 21.9 Å².